The van der Waals surface area contributed by atoms with E-state index in [1.54, 1.807) is 33.0 Å². The summed E-state index contributed by atoms with van der Waals surface area (Å²) >= 11 is 0. The third-order valence-corrected chi connectivity index (χ3v) is 6.87. The molecule has 4 rings (SSSR count). The molecule has 3 aliphatic heterocycles. The van der Waals surface area contributed by atoms with Gasteiger partial charge in [-0.05, 0) is 54.5 Å². The maximum absolute atomic E-state index is 15.0. The van der Waals surface area contributed by atoms with Gasteiger partial charge in [0.15, 0.2) is 0 Å². The summed E-state index contributed by atoms with van der Waals surface area (Å²) in [6.07, 6.45) is 0.284. The second-order valence-corrected chi connectivity index (χ2v) is 11.1. The minimum atomic E-state index is -1.35. The van der Waals surface area contributed by atoms with Crippen molar-refractivity contribution < 1.29 is 28.0 Å². The quantitative estimate of drug-likeness (QED) is 0.629. The normalized spacial score (nSPS) is 26.5. The lowest BCUT2D eigenvalue weighted by molar-refractivity contribution is 0.00578. The van der Waals surface area contributed by atoms with Crippen molar-refractivity contribution in [2.45, 2.75) is 83.9 Å². The van der Waals surface area contributed by atoms with Crippen molar-refractivity contribution in [3.63, 3.8) is 0 Å². The highest BCUT2D eigenvalue weighted by atomic mass is 19.1. The molecular weight excluding hydrogens is 428 g/mol. The summed E-state index contributed by atoms with van der Waals surface area (Å²) in [6, 6.07) is 1.02. The number of fused-ring (bicyclic) bond motifs is 1. The molecular formula is C23H33BFN3O5. The van der Waals surface area contributed by atoms with Crippen LogP contribution >= 0.6 is 0 Å². The van der Waals surface area contributed by atoms with Crippen LogP contribution in [0.2, 0.25) is 0 Å². The number of pyridine rings is 1. The van der Waals surface area contributed by atoms with Crippen LogP contribution in [0.15, 0.2) is 12.3 Å². The Kier molecular flexibility index (Phi) is 5.76. The molecule has 0 spiro atoms. The Morgan fingerprint density at radius 1 is 1.21 bits per heavy atom. The van der Waals surface area contributed by atoms with Crippen molar-refractivity contribution in [1.82, 2.24) is 14.8 Å². The number of hydrogen-bond donors (Lipinski definition) is 0. The first-order valence-corrected chi connectivity index (χ1v) is 11.5. The van der Waals surface area contributed by atoms with Gasteiger partial charge in [0.05, 0.1) is 35.0 Å². The summed E-state index contributed by atoms with van der Waals surface area (Å²) in [7, 11) is -0.640. The third-order valence-electron chi connectivity index (χ3n) is 6.87. The molecule has 0 N–H and O–H groups in total. The van der Waals surface area contributed by atoms with Crippen LogP contribution < -0.4 is 5.46 Å². The van der Waals surface area contributed by atoms with Gasteiger partial charge in [-0.15, -0.1) is 0 Å². The van der Waals surface area contributed by atoms with Gasteiger partial charge in [0.2, 0.25) is 0 Å². The largest absolute Gasteiger partial charge is 0.496 e. The number of aromatic nitrogens is 1. The van der Waals surface area contributed by atoms with Crippen LogP contribution in [0, 0.1) is 0 Å². The molecule has 2 unspecified atom stereocenters. The second kappa shape index (κ2) is 7.94. The average Bonchev–Trinajstić information content (AvgIpc) is 3.17. The Balaban J connectivity index is 1.52. The van der Waals surface area contributed by atoms with Crippen molar-refractivity contribution in [3.05, 3.63) is 23.5 Å². The van der Waals surface area contributed by atoms with Crippen molar-refractivity contribution in [3.8, 4) is 0 Å². The highest BCUT2D eigenvalue weighted by molar-refractivity contribution is 6.62. The van der Waals surface area contributed by atoms with E-state index in [9.17, 15) is 14.0 Å². The van der Waals surface area contributed by atoms with Crippen molar-refractivity contribution in [2.75, 3.05) is 19.6 Å². The zero-order chi connectivity index (χ0) is 24.3. The summed E-state index contributed by atoms with van der Waals surface area (Å²) < 4.78 is 32.5. The van der Waals surface area contributed by atoms with Gasteiger partial charge in [0.25, 0.3) is 5.91 Å². The number of ether oxygens (including phenoxy) is 1. The fourth-order valence-electron chi connectivity index (χ4n) is 4.32. The van der Waals surface area contributed by atoms with E-state index in [2.05, 4.69) is 4.98 Å². The molecule has 2 saturated heterocycles. The number of amides is 2. The maximum Gasteiger partial charge on any atom is 0.496 e. The molecule has 1 aromatic rings. The van der Waals surface area contributed by atoms with Crippen LogP contribution in [0.5, 0.6) is 0 Å². The number of carbonyl (C=O) groups is 2. The number of hydrogen-bond acceptors (Lipinski definition) is 6. The lowest BCUT2D eigenvalue weighted by Gasteiger charge is -2.34. The van der Waals surface area contributed by atoms with Crippen LogP contribution in [0.3, 0.4) is 0 Å². The molecule has 0 saturated carbocycles. The molecule has 0 bridgehead atoms. The van der Waals surface area contributed by atoms with Crippen LogP contribution in [0.1, 0.15) is 64.5 Å². The summed E-state index contributed by atoms with van der Waals surface area (Å²) in [5.74, 6) is -0.291. The molecule has 2 fully saturated rings. The molecule has 3 aliphatic rings. The van der Waals surface area contributed by atoms with E-state index in [-0.39, 0.29) is 19.0 Å². The predicted molar refractivity (Wildman–Crippen MR) is 121 cm³/mol. The van der Waals surface area contributed by atoms with Gasteiger partial charge in [-0.1, -0.05) is 0 Å². The van der Waals surface area contributed by atoms with Gasteiger partial charge in [-0.3, -0.25) is 9.78 Å². The van der Waals surface area contributed by atoms with Gasteiger partial charge in [-0.25, -0.2) is 9.18 Å². The molecule has 4 heterocycles. The van der Waals surface area contributed by atoms with Crippen LogP contribution in [0.25, 0.3) is 0 Å². The van der Waals surface area contributed by atoms with E-state index in [1.807, 2.05) is 27.7 Å². The Morgan fingerprint density at radius 2 is 1.85 bits per heavy atom. The molecule has 33 heavy (non-hydrogen) atoms. The first-order chi connectivity index (χ1) is 15.2. The average molecular weight is 461 g/mol. The molecule has 2 atom stereocenters. The zero-order valence-corrected chi connectivity index (χ0v) is 20.5. The molecule has 1 aromatic heterocycles. The van der Waals surface area contributed by atoms with Crippen LogP contribution in [-0.2, 0) is 20.5 Å². The predicted octanol–water partition coefficient (Wildman–Crippen LogP) is 2.34. The standard InChI is InChI=1S/C23H33BFN3O5/c1-21(2,3)31-20(30)27-12-16(25)18(13-27)28-9-8-17-15(19(28)29)10-14(11-26-17)24-32-22(4,5)23(6,7)33-24/h10-11,16,18H,8-9,12-13H2,1-7H3. The SMILES string of the molecule is CC(C)(C)OC(=O)N1CC(F)C(N2CCc3ncc(B4OC(C)(C)C(C)(C)O4)cc3C2=O)C1. The number of rotatable bonds is 2. The highest BCUT2D eigenvalue weighted by Gasteiger charge is 2.52. The van der Waals surface area contributed by atoms with Crippen LogP contribution in [0.4, 0.5) is 9.18 Å². The minimum Gasteiger partial charge on any atom is -0.444 e. The minimum absolute atomic E-state index is 0.0948. The Morgan fingerprint density at radius 3 is 2.45 bits per heavy atom. The molecule has 8 nitrogen and oxygen atoms in total. The fraction of sp³-hybridized carbons (Fsp3) is 0.696. The van der Waals surface area contributed by atoms with Gasteiger partial charge in [0, 0.05) is 31.2 Å². The molecule has 0 aliphatic carbocycles. The Labute approximate surface area is 194 Å². The highest BCUT2D eigenvalue weighted by Crippen LogP contribution is 2.36. The number of nitrogens with zero attached hydrogens (tertiary/aromatic N) is 3. The summed E-state index contributed by atoms with van der Waals surface area (Å²) in [6.45, 7) is 13.5. The van der Waals surface area contributed by atoms with E-state index in [1.165, 1.54) is 9.80 Å². The summed E-state index contributed by atoms with van der Waals surface area (Å²) in [5, 5.41) is 0. The Hall–Kier alpha value is -2.20. The van der Waals surface area contributed by atoms with E-state index < -0.39 is 42.2 Å². The molecule has 0 aromatic carbocycles. The summed E-state index contributed by atoms with van der Waals surface area (Å²) in [4.78, 5) is 33.1. The van der Waals surface area contributed by atoms with Crippen molar-refractivity contribution in [1.29, 1.82) is 0 Å². The van der Waals surface area contributed by atoms with Crippen molar-refractivity contribution >= 4 is 24.6 Å². The van der Waals surface area contributed by atoms with E-state index in [0.29, 0.717) is 29.7 Å². The van der Waals surface area contributed by atoms with Crippen molar-refractivity contribution in [2.24, 2.45) is 0 Å². The molecule has 0 radical (unpaired) electrons. The lowest BCUT2D eigenvalue weighted by Crippen LogP contribution is -2.50. The van der Waals surface area contributed by atoms with Gasteiger partial charge < -0.3 is 23.8 Å². The lowest BCUT2D eigenvalue weighted by atomic mass is 9.79. The first-order valence-electron chi connectivity index (χ1n) is 11.5. The monoisotopic (exact) mass is 461 g/mol. The van der Waals surface area contributed by atoms with Gasteiger partial charge in [0.1, 0.15) is 11.8 Å². The fourth-order valence-corrected chi connectivity index (χ4v) is 4.32. The zero-order valence-electron chi connectivity index (χ0n) is 20.5. The van der Waals surface area contributed by atoms with Crippen LogP contribution in [-0.4, -0.2) is 82.6 Å². The number of carbonyl (C=O) groups excluding carboxylic acids is 2. The Bertz CT molecular complexity index is 948. The third kappa shape index (κ3) is 4.47. The van der Waals surface area contributed by atoms with Gasteiger partial charge in [-0.2, -0.15) is 0 Å². The molecule has 10 heteroatoms. The second-order valence-electron chi connectivity index (χ2n) is 11.1. The van der Waals surface area contributed by atoms with E-state index in [4.69, 9.17) is 14.0 Å². The first kappa shape index (κ1) is 23.9. The molecule has 2 amide bonds. The number of alkyl halides is 1. The molecule has 180 valence electrons. The smallest absolute Gasteiger partial charge is 0.444 e. The number of likely N-dealkylation sites (tertiary alicyclic amines) is 1. The summed E-state index contributed by atoms with van der Waals surface area (Å²) in [5.41, 5.74) is 0.0581. The maximum atomic E-state index is 15.0. The van der Waals surface area contributed by atoms with E-state index in [0.717, 1.165) is 0 Å². The van der Waals surface area contributed by atoms with E-state index >= 15 is 0 Å². The number of halogens is 1. The van der Waals surface area contributed by atoms with Gasteiger partial charge >= 0.3 is 13.2 Å². The topological polar surface area (TPSA) is 81.2 Å².